The van der Waals surface area contributed by atoms with Crippen LogP contribution in [0.2, 0.25) is 0 Å². The number of nitrogens with one attached hydrogen (secondary N) is 1. The molecule has 0 radical (unpaired) electrons. The molecule has 0 aliphatic heterocycles. The lowest BCUT2D eigenvalue weighted by molar-refractivity contribution is 0.153. The summed E-state index contributed by atoms with van der Waals surface area (Å²) in [6.45, 7) is 1.99. The highest BCUT2D eigenvalue weighted by molar-refractivity contribution is 5.85. The summed E-state index contributed by atoms with van der Waals surface area (Å²) in [4.78, 5) is 0. The van der Waals surface area contributed by atoms with Crippen LogP contribution in [0.1, 0.15) is 24.1 Å². The largest absolute Gasteiger partial charge is 0.385 e. The lowest BCUT2D eigenvalue weighted by atomic mass is 10.0. The van der Waals surface area contributed by atoms with Crippen molar-refractivity contribution >= 4 is 10.9 Å². The van der Waals surface area contributed by atoms with Gasteiger partial charge < -0.3 is 5.11 Å². The van der Waals surface area contributed by atoms with Crippen LogP contribution in [0.15, 0.2) is 18.2 Å². The number of aromatic nitrogens is 2. The minimum absolute atomic E-state index is 0.575. The minimum Gasteiger partial charge on any atom is -0.385 e. The number of aryl methyl sites for hydroxylation is 1. The Balaban J connectivity index is 2.37. The van der Waals surface area contributed by atoms with Crippen molar-refractivity contribution in [1.29, 1.82) is 0 Å². The van der Waals surface area contributed by atoms with Gasteiger partial charge in [0.1, 0.15) is 0 Å². The lowest BCUT2D eigenvalue weighted by Gasteiger charge is -2.09. The fourth-order valence-electron chi connectivity index (χ4n) is 2.00. The Labute approximate surface area is 81.8 Å². The van der Waals surface area contributed by atoms with Crippen LogP contribution in [0.25, 0.3) is 10.9 Å². The number of rotatable bonds is 1. The molecule has 0 atom stereocenters. The van der Waals surface area contributed by atoms with Gasteiger partial charge in [-0.3, -0.25) is 5.10 Å². The summed E-state index contributed by atoms with van der Waals surface area (Å²) >= 11 is 0. The van der Waals surface area contributed by atoms with E-state index < -0.39 is 5.60 Å². The predicted octanol–water partition coefficient (Wildman–Crippen LogP) is 1.85. The Morgan fingerprint density at radius 1 is 1.43 bits per heavy atom. The molecule has 0 saturated heterocycles. The first-order chi connectivity index (χ1) is 6.71. The fourth-order valence-corrected chi connectivity index (χ4v) is 2.00. The second kappa shape index (κ2) is 2.36. The molecule has 0 amide bonds. The predicted molar refractivity (Wildman–Crippen MR) is 54.0 cm³/mol. The van der Waals surface area contributed by atoms with Crippen molar-refractivity contribution in [2.24, 2.45) is 0 Å². The average Bonchev–Trinajstić information content (AvgIpc) is 2.83. The summed E-state index contributed by atoms with van der Waals surface area (Å²) in [7, 11) is 0. The maximum atomic E-state index is 10.1. The van der Waals surface area contributed by atoms with Crippen LogP contribution in [-0.2, 0) is 5.60 Å². The summed E-state index contributed by atoms with van der Waals surface area (Å²) in [6, 6.07) is 5.92. The third-order valence-corrected chi connectivity index (χ3v) is 2.99. The second-order valence-electron chi connectivity index (χ2n) is 4.08. The molecule has 1 aliphatic carbocycles. The quantitative estimate of drug-likeness (QED) is 0.717. The van der Waals surface area contributed by atoms with E-state index in [4.69, 9.17) is 0 Å². The monoisotopic (exact) mass is 188 g/mol. The van der Waals surface area contributed by atoms with E-state index in [1.165, 1.54) is 0 Å². The van der Waals surface area contributed by atoms with Crippen molar-refractivity contribution in [2.45, 2.75) is 25.4 Å². The van der Waals surface area contributed by atoms with Crippen LogP contribution >= 0.6 is 0 Å². The number of fused-ring (bicyclic) bond motifs is 1. The normalized spacial score (nSPS) is 18.7. The maximum absolute atomic E-state index is 10.1. The lowest BCUT2D eigenvalue weighted by Crippen LogP contribution is -2.04. The van der Waals surface area contributed by atoms with Gasteiger partial charge in [-0.1, -0.05) is 12.1 Å². The first-order valence-corrected chi connectivity index (χ1v) is 4.87. The van der Waals surface area contributed by atoms with Crippen LogP contribution in [0, 0.1) is 6.92 Å². The van der Waals surface area contributed by atoms with Crippen LogP contribution in [-0.4, -0.2) is 15.3 Å². The van der Waals surface area contributed by atoms with Crippen LogP contribution in [0.5, 0.6) is 0 Å². The van der Waals surface area contributed by atoms with E-state index >= 15 is 0 Å². The van der Waals surface area contributed by atoms with Gasteiger partial charge >= 0.3 is 0 Å². The van der Waals surface area contributed by atoms with Crippen molar-refractivity contribution in [1.82, 2.24) is 10.2 Å². The van der Waals surface area contributed by atoms with Crippen LogP contribution in [0.3, 0.4) is 0 Å². The molecule has 1 aromatic heterocycles. The number of nitrogens with zero attached hydrogens (tertiary/aromatic N) is 1. The molecule has 1 aliphatic rings. The zero-order valence-corrected chi connectivity index (χ0v) is 8.04. The molecular formula is C11H12N2O. The average molecular weight is 188 g/mol. The summed E-state index contributed by atoms with van der Waals surface area (Å²) in [5.74, 6) is 0. The van der Waals surface area contributed by atoms with Gasteiger partial charge in [-0.15, -0.1) is 0 Å². The molecule has 3 nitrogen and oxygen atoms in total. The van der Waals surface area contributed by atoms with E-state index in [2.05, 4.69) is 10.2 Å². The highest BCUT2D eigenvalue weighted by atomic mass is 16.3. The molecule has 0 spiro atoms. The third-order valence-electron chi connectivity index (χ3n) is 2.99. The zero-order chi connectivity index (χ0) is 9.76. The molecule has 2 aromatic rings. The maximum Gasteiger partial charge on any atom is 0.0927 e. The molecule has 14 heavy (non-hydrogen) atoms. The third kappa shape index (κ3) is 0.930. The van der Waals surface area contributed by atoms with Gasteiger partial charge in [0.15, 0.2) is 0 Å². The molecule has 72 valence electrons. The Hall–Kier alpha value is -1.35. The van der Waals surface area contributed by atoms with Gasteiger partial charge in [-0.2, -0.15) is 5.10 Å². The molecular weight excluding hydrogens is 176 g/mol. The Kier molecular flexibility index (Phi) is 1.35. The highest BCUT2D eigenvalue weighted by Gasteiger charge is 2.43. The molecule has 0 unspecified atom stereocenters. The molecule has 3 rings (SSSR count). The number of hydrogen-bond acceptors (Lipinski definition) is 2. The van der Waals surface area contributed by atoms with Gasteiger partial charge in [0.2, 0.25) is 0 Å². The molecule has 1 saturated carbocycles. The van der Waals surface area contributed by atoms with Gasteiger partial charge in [-0.25, -0.2) is 0 Å². The molecule has 3 heteroatoms. The van der Waals surface area contributed by atoms with E-state index in [1.807, 2.05) is 25.1 Å². The number of aromatic amines is 1. The first kappa shape index (κ1) is 8.00. The minimum atomic E-state index is -0.575. The number of H-pyrrole nitrogens is 1. The van der Waals surface area contributed by atoms with Gasteiger partial charge in [0.05, 0.1) is 11.1 Å². The number of aliphatic hydroxyl groups is 1. The summed E-state index contributed by atoms with van der Waals surface area (Å²) < 4.78 is 0. The molecule has 1 aromatic carbocycles. The van der Waals surface area contributed by atoms with Crippen LogP contribution in [0.4, 0.5) is 0 Å². The topological polar surface area (TPSA) is 48.9 Å². The Morgan fingerprint density at radius 3 is 2.93 bits per heavy atom. The van der Waals surface area contributed by atoms with Gasteiger partial charge in [0, 0.05) is 11.1 Å². The van der Waals surface area contributed by atoms with Crippen molar-refractivity contribution < 1.29 is 5.11 Å². The van der Waals surface area contributed by atoms with Gasteiger partial charge in [0.25, 0.3) is 0 Å². The standard InChI is InChI=1S/C11H12N2O/c1-7-10-8(11(14)5-6-11)3-2-4-9(10)13-12-7/h2-4,14H,5-6H2,1H3,(H,12,13). The SMILES string of the molecule is Cc1[nH]nc2cccc(C3(O)CC3)c12. The fraction of sp³-hybridized carbons (Fsp3) is 0.364. The van der Waals surface area contributed by atoms with E-state index in [-0.39, 0.29) is 0 Å². The first-order valence-electron chi connectivity index (χ1n) is 4.87. The second-order valence-corrected chi connectivity index (χ2v) is 4.08. The Morgan fingerprint density at radius 2 is 2.21 bits per heavy atom. The summed E-state index contributed by atoms with van der Waals surface area (Å²) in [5, 5.41) is 18.3. The van der Waals surface area contributed by atoms with Crippen molar-refractivity contribution in [3.8, 4) is 0 Å². The van der Waals surface area contributed by atoms with E-state index in [0.29, 0.717) is 0 Å². The molecule has 2 N–H and O–H groups in total. The highest BCUT2D eigenvalue weighted by Crippen LogP contribution is 2.47. The molecule has 1 heterocycles. The number of hydrogen-bond donors (Lipinski definition) is 2. The van der Waals surface area contributed by atoms with Crippen LogP contribution < -0.4 is 0 Å². The van der Waals surface area contributed by atoms with E-state index in [1.54, 1.807) is 0 Å². The van der Waals surface area contributed by atoms with Gasteiger partial charge in [-0.05, 0) is 31.4 Å². The smallest absolute Gasteiger partial charge is 0.0927 e. The summed E-state index contributed by atoms with van der Waals surface area (Å²) in [6.07, 6.45) is 1.74. The van der Waals surface area contributed by atoms with E-state index in [0.717, 1.165) is 35.0 Å². The molecule has 0 bridgehead atoms. The van der Waals surface area contributed by atoms with E-state index in [9.17, 15) is 5.11 Å². The van der Waals surface area contributed by atoms with Crippen molar-refractivity contribution in [3.05, 3.63) is 29.5 Å². The summed E-state index contributed by atoms with van der Waals surface area (Å²) in [5.41, 5.74) is 2.44. The number of benzene rings is 1. The van der Waals surface area contributed by atoms with Crippen molar-refractivity contribution in [3.63, 3.8) is 0 Å². The zero-order valence-electron chi connectivity index (χ0n) is 8.04. The molecule has 1 fully saturated rings. The Bertz CT molecular complexity index is 497. The van der Waals surface area contributed by atoms with Crippen molar-refractivity contribution in [2.75, 3.05) is 0 Å².